The molecule has 5 rings (SSSR count). The van der Waals surface area contributed by atoms with Crippen LogP contribution in [0.25, 0.3) is 0 Å². The summed E-state index contributed by atoms with van der Waals surface area (Å²) in [5, 5.41) is 2.88. The van der Waals surface area contributed by atoms with Gasteiger partial charge in [-0.2, -0.15) is 0 Å². The van der Waals surface area contributed by atoms with Crippen LogP contribution in [0, 0.1) is 13.8 Å². The summed E-state index contributed by atoms with van der Waals surface area (Å²) in [6.07, 6.45) is 0. The molecule has 40 heavy (non-hydrogen) atoms. The van der Waals surface area contributed by atoms with Gasteiger partial charge in [0.15, 0.2) is 6.61 Å². The number of anilines is 1. The maximum absolute atomic E-state index is 13.6. The van der Waals surface area contributed by atoms with E-state index in [1.807, 2.05) is 55.1 Å². The van der Waals surface area contributed by atoms with Gasteiger partial charge in [0.1, 0.15) is 5.75 Å². The lowest BCUT2D eigenvalue weighted by atomic mass is 9.96. The highest BCUT2D eigenvalue weighted by atomic mass is 16.5. The van der Waals surface area contributed by atoms with Gasteiger partial charge >= 0.3 is 0 Å². The minimum Gasteiger partial charge on any atom is -0.484 e. The molecule has 0 unspecified atom stereocenters. The fraction of sp³-hybridized carbons (Fsp3) is 0.235. The van der Waals surface area contributed by atoms with Gasteiger partial charge in [-0.05, 0) is 60.4 Å². The molecule has 0 radical (unpaired) electrons. The minimum absolute atomic E-state index is 0.0817. The van der Waals surface area contributed by atoms with Crippen molar-refractivity contribution in [3.8, 4) is 5.75 Å². The van der Waals surface area contributed by atoms with Crippen molar-refractivity contribution in [2.45, 2.75) is 19.9 Å². The van der Waals surface area contributed by atoms with Crippen LogP contribution in [0.4, 0.5) is 5.69 Å². The van der Waals surface area contributed by atoms with Gasteiger partial charge in [0.2, 0.25) is 0 Å². The van der Waals surface area contributed by atoms with Gasteiger partial charge in [-0.15, -0.1) is 0 Å². The standard InChI is InChI=1S/C34H35N3O3/c1-25-21-26(2)23-29(22-25)40-24-32(38)35-31-16-10-9-15-30(31)34(39)37-19-17-36(18-20-37)33(27-11-5-3-6-12-27)28-13-7-4-8-14-28/h3-16,21-23,33H,17-20,24H2,1-2H3,(H,35,38). The van der Waals surface area contributed by atoms with E-state index in [0.29, 0.717) is 30.1 Å². The number of para-hydroxylation sites is 1. The van der Waals surface area contributed by atoms with E-state index in [0.717, 1.165) is 24.2 Å². The number of nitrogens with zero attached hydrogens (tertiary/aromatic N) is 2. The average Bonchev–Trinajstić information content (AvgIpc) is 2.97. The molecule has 2 amide bonds. The Morgan fingerprint density at radius 1 is 0.750 bits per heavy atom. The van der Waals surface area contributed by atoms with Crippen molar-refractivity contribution < 1.29 is 14.3 Å². The summed E-state index contributed by atoms with van der Waals surface area (Å²) < 4.78 is 5.71. The van der Waals surface area contributed by atoms with Gasteiger partial charge < -0.3 is 15.0 Å². The van der Waals surface area contributed by atoms with Gasteiger partial charge in [-0.1, -0.05) is 78.9 Å². The van der Waals surface area contributed by atoms with E-state index in [2.05, 4.69) is 64.8 Å². The molecule has 0 bridgehead atoms. The number of rotatable bonds is 8. The summed E-state index contributed by atoms with van der Waals surface area (Å²) in [6, 6.07) is 34.2. The number of amides is 2. The number of piperazine rings is 1. The molecule has 0 aliphatic carbocycles. The number of carbonyl (C=O) groups excluding carboxylic acids is 2. The van der Waals surface area contributed by atoms with Crippen molar-refractivity contribution >= 4 is 17.5 Å². The van der Waals surface area contributed by atoms with Crippen LogP contribution in [0.2, 0.25) is 0 Å². The maximum Gasteiger partial charge on any atom is 0.262 e. The van der Waals surface area contributed by atoms with Crippen LogP contribution in [0.15, 0.2) is 103 Å². The van der Waals surface area contributed by atoms with Crippen LogP contribution < -0.4 is 10.1 Å². The summed E-state index contributed by atoms with van der Waals surface area (Å²) in [5.41, 5.74) is 5.61. The Labute approximate surface area is 236 Å². The van der Waals surface area contributed by atoms with E-state index in [-0.39, 0.29) is 24.5 Å². The highest BCUT2D eigenvalue weighted by Crippen LogP contribution is 2.30. The molecule has 0 spiro atoms. The molecule has 0 saturated carbocycles. The van der Waals surface area contributed by atoms with Gasteiger partial charge in [-0.3, -0.25) is 14.5 Å². The van der Waals surface area contributed by atoms with Crippen molar-refractivity contribution in [3.63, 3.8) is 0 Å². The molecule has 1 aliphatic heterocycles. The highest BCUT2D eigenvalue weighted by molar-refractivity contribution is 6.04. The Hall–Kier alpha value is -4.42. The van der Waals surface area contributed by atoms with Crippen LogP contribution in [-0.4, -0.2) is 54.4 Å². The number of carbonyl (C=O) groups is 2. The molecular weight excluding hydrogens is 498 g/mol. The summed E-state index contributed by atoms with van der Waals surface area (Å²) >= 11 is 0. The number of benzene rings is 4. The first-order chi connectivity index (χ1) is 19.5. The number of aryl methyl sites for hydroxylation is 2. The molecule has 1 aliphatic rings. The molecule has 0 aromatic heterocycles. The van der Waals surface area contributed by atoms with E-state index in [1.165, 1.54) is 11.1 Å². The summed E-state index contributed by atoms with van der Waals surface area (Å²) in [4.78, 5) is 30.6. The quantitative estimate of drug-likeness (QED) is 0.308. The monoisotopic (exact) mass is 533 g/mol. The Kier molecular flexibility index (Phi) is 8.57. The third-order valence-corrected chi connectivity index (χ3v) is 7.19. The second kappa shape index (κ2) is 12.6. The Bertz CT molecular complexity index is 1390. The molecule has 0 atom stereocenters. The average molecular weight is 534 g/mol. The molecule has 1 N–H and O–H groups in total. The zero-order valence-electron chi connectivity index (χ0n) is 23.0. The molecule has 6 heteroatoms. The van der Waals surface area contributed by atoms with Crippen molar-refractivity contribution in [1.29, 1.82) is 0 Å². The Balaban J connectivity index is 1.23. The second-order valence-corrected chi connectivity index (χ2v) is 10.3. The van der Waals surface area contributed by atoms with E-state index in [1.54, 1.807) is 12.1 Å². The first-order valence-corrected chi connectivity index (χ1v) is 13.7. The fourth-order valence-corrected chi connectivity index (χ4v) is 5.37. The molecule has 204 valence electrons. The van der Waals surface area contributed by atoms with Crippen molar-refractivity contribution in [2.75, 3.05) is 38.1 Å². The van der Waals surface area contributed by atoms with E-state index in [9.17, 15) is 9.59 Å². The first-order valence-electron chi connectivity index (χ1n) is 13.7. The predicted octanol–water partition coefficient (Wildman–Crippen LogP) is 5.87. The van der Waals surface area contributed by atoms with E-state index < -0.39 is 0 Å². The van der Waals surface area contributed by atoms with Crippen molar-refractivity contribution in [3.05, 3.63) is 131 Å². The Morgan fingerprint density at radius 2 is 1.30 bits per heavy atom. The smallest absolute Gasteiger partial charge is 0.262 e. The molecule has 4 aromatic carbocycles. The van der Waals surface area contributed by atoms with Crippen molar-refractivity contribution in [1.82, 2.24) is 9.80 Å². The van der Waals surface area contributed by atoms with Crippen LogP contribution in [-0.2, 0) is 4.79 Å². The van der Waals surface area contributed by atoms with Gasteiger partial charge in [-0.25, -0.2) is 0 Å². The largest absolute Gasteiger partial charge is 0.484 e. The topological polar surface area (TPSA) is 61.9 Å². The Morgan fingerprint density at radius 3 is 1.90 bits per heavy atom. The highest BCUT2D eigenvalue weighted by Gasteiger charge is 2.29. The number of hydrogen-bond acceptors (Lipinski definition) is 4. The summed E-state index contributed by atoms with van der Waals surface area (Å²) in [5.74, 6) is 0.263. The fourth-order valence-electron chi connectivity index (χ4n) is 5.37. The lowest BCUT2D eigenvalue weighted by Gasteiger charge is -2.40. The van der Waals surface area contributed by atoms with Crippen LogP contribution in [0.5, 0.6) is 5.75 Å². The van der Waals surface area contributed by atoms with E-state index >= 15 is 0 Å². The van der Waals surface area contributed by atoms with E-state index in [4.69, 9.17) is 4.74 Å². The predicted molar refractivity (Wildman–Crippen MR) is 159 cm³/mol. The third-order valence-electron chi connectivity index (χ3n) is 7.19. The SMILES string of the molecule is Cc1cc(C)cc(OCC(=O)Nc2ccccc2C(=O)N2CCN(C(c3ccccc3)c3ccccc3)CC2)c1. The number of nitrogens with one attached hydrogen (secondary N) is 1. The number of hydrogen-bond donors (Lipinski definition) is 1. The lowest BCUT2D eigenvalue weighted by molar-refractivity contribution is -0.118. The summed E-state index contributed by atoms with van der Waals surface area (Å²) in [7, 11) is 0. The molecule has 1 fully saturated rings. The molecular formula is C34H35N3O3. The second-order valence-electron chi connectivity index (χ2n) is 10.3. The maximum atomic E-state index is 13.6. The summed E-state index contributed by atoms with van der Waals surface area (Å²) in [6.45, 7) is 6.55. The molecule has 4 aromatic rings. The molecule has 1 heterocycles. The third kappa shape index (κ3) is 6.58. The first kappa shape index (κ1) is 27.2. The van der Waals surface area contributed by atoms with Gasteiger partial charge in [0.05, 0.1) is 17.3 Å². The zero-order chi connectivity index (χ0) is 27.9. The van der Waals surface area contributed by atoms with Gasteiger partial charge in [0.25, 0.3) is 11.8 Å². The normalized spacial score (nSPS) is 13.7. The van der Waals surface area contributed by atoms with Crippen LogP contribution in [0.1, 0.15) is 38.7 Å². The minimum atomic E-state index is -0.308. The number of ether oxygens (including phenoxy) is 1. The zero-order valence-corrected chi connectivity index (χ0v) is 23.0. The lowest BCUT2D eigenvalue weighted by Crippen LogP contribution is -2.50. The van der Waals surface area contributed by atoms with Crippen LogP contribution >= 0.6 is 0 Å². The van der Waals surface area contributed by atoms with Crippen molar-refractivity contribution in [2.24, 2.45) is 0 Å². The van der Waals surface area contributed by atoms with Gasteiger partial charge in [0, 0.05) is 26.2 Å². The molecule has 6 nitrogen and oxygen atoms in total. The van der Waals surface area contributed by atoms with Crippen LogP contribution in [0.3, 0.4) is 0 Å². The molecule has 1 saturated heterocycles.